The summed E-state index contributed by atoms with van der Waals surface area (Å²) >= 11 is 0. The largest absolute Gasteiger partial charge is 0.508 e. The molecule has 0 radical (unpaired) electrons. The summed E-state index contributed by atoms with van der Waals surface area (Å²) in [5.41, 5.74) is 1.19. The maximum absolute atomic E-state index is 9.30. The lowest BCUT2D eigenvalue weighted by Crippen LogP contribution is -2.30. The van der Waals surface area contributed by atoms with Gasteiger partial charge in [-0.3, -0.25) is 4.90 Å². The first-order valence-corrected chi connectivity index (χ1v) is 7.26. The predicted molar refractivity (Wildman–Crippen MR) is 81.1 cm³/mol. The van der Waals surface area contributed by atoms with Crippen molar-refractivity contribution in [2.45, 2.75) is 45.7 Å². The van der Waals surface area contributed by atoms with Gasteiger partial charge in [0, 0.05) is 12.0 Å². The number of benzene rings is 1. The van der Waals surface area contributed by atoms with Gasteiger partial charge in [-0.25, -0.2) is 0 Å². The molecule has 2 rings (SSSR count). The average Bonchev–Trinajstić information content (AvgIpc) is 2.90. The molecule has 0 fully saturated rings. The van der Waals surface area contributed by atoms with E-state index in [0.29, 0.717) is 24.2 Å². The van der Waals surface area contributed by atoms with Crippen LogP contribution < -0.4 is 0 Å². The van der Waals surface area contributed by atoms with Gasteiger partial charge in [0.1, 0.15) is 5.75 Å². The molecule has 1 aromatic carbocycles. The third-order valence-corrected chi connectivity index (χ3v) is 3.60. The van der Waals surface area contributed by atoms with Gasteiger partial charge in [-0.1, -0.05) is 31.1 Å². The zero-order chi connectivity index (χ0) is 15.4. The third kappa shape index (κ3) is 4.29. The Bertz CT molecular complexity index is 563. The fourth-order valence-corrected chi connectivity index (χ4v) is 2.06. The topological polar surface area (TPSA) is 62.4 Å². The van der Waals surface area contributed by atoms with E-state index in [4.69, 9.17) is 4.52 Å². The zero-order valence-electron chi connectivity index (χ0n) is 13.1. The van der Waals surface area contributed by atoms with Crippen LogP contribution in [-0.4, -0.2) is 33.2 Å². The molecular weight excluding hydrogens is 266 g/mol. The summed E-state index contributed by atoms with van der Waals surface area (Å²) < 4.78 is 5.28. The first-order valence-electron chi connectivity index (χ1n) is 7.26. The second-order valence-electron chi connectivity index (χ2n) is 5.84. The van der Waals surface area contributed by atoms with Crippen molar-refractivity contribution >= 4 is 0 Å². The Hall–Kier alpha value is -1.88. The van der Waals surface area contributed by atoms with E-state index in [1.54, 1.807) is 12.1 Å². The number of aromatic nitrogens is 2. The second-order valence-corrected chi connectivity index (χ2v) is 5.84. The minimum atomic E-state index is 0.280. The molecule has 0 amide bonds. The first-order chi connectivity index (χ1) is 9.95. The van der Waals surface area contributed by atoms with Crippen molar-refractivity contribution in [3.63, 3.8) is 0 Å². The Morgan fingerprint density at radius 2 is 1.86 bits per heavy atom. The van der Waals surface area contributed by atoms with Crippen LogP contribution in [0.15, 0.2) is 28.8 Å². The Kier molecular flexibility index (Phi) is 4.96. The van der Waals surface area contributed by atoms with E-state index >= 15 is 0 Å². The van der Waals surface area contributed by atoms with Gasteiger partial charge in [-0.2, -0.15) is 4.98 Å². The molecule has 5 nitrogen and oxygen atoms in total. The van der Waals surface area contributed by atoms with Gasteiger partial charge in [0.2, 0.25) is 5.89 Å². The maximum atomic E-state index is 9.30. The molecule has 0 spiro atoms. The Morgan fingerprint density at radius 1 is 1.19 bits per heavy atom. The number of aromatic hydroxyl groups is 1. The molecule has 0 saturated carbocycles. The number of hydrogen-bond donors (Lipinski definition) is 1. The summed E-state index contributed by atoms with van der Waals surface area (Å²) in [6, 6.07) is 7.67. The van der Waals surface area contributed by atoms with Crippen LogP contribution in [0.5, 0.6) is 5.75 Å². The summed E-state index contributed by atoms with van der Waals surface area (Å²) in [5.74, 6) is 1.98. The summed E-state index contributed by atoms with van der Waals surface area (Å²) in [7, 11) is 2.05. The highest BCUT2D eigenvalue weighted by atomic mass is 16.5. The quantitative estimate of drug-likeness (QED) is 0.885. The van der Waals surface area contributed by atoms with Crippen LogP contribution in [-0.2, 0) is 13.0 Å². The number of rotatable bonds is 6. The minimum absolute atomic E-state index is 0.280. The molecule has 21 heavy (non-hydrogen) atoms. The van der Waals surface area contributed by atoms with Crippen molar-refractivity contribution in [1.82, 2.24) is 15.0 Å². The standard InChI is InChI=1S/C16H23N3O2/c1-11(2)16-17-15(21-18-16)10-19(4)12(3)9-13-5-7-14(20)8-6-13/h5-8,11-12,20H,9-10H2,1-4H3/t12-/m0/s1. The molecule has 5 heteroatoms. The van der Waals surface area contributed by atoms with Crippen molar-refractivity contribution in [3.05, 3.63) is 41.5 Å². The molecule has 0 aliphatic rings. The van der Waals surface area contributed by atoms with Crippen LogP contribution in [0.3, 0.4) is 0 Å². The van der Waals surface area contributed by atoms with Gasteiger partial charge in [0.05, 0.1) is 6.54 Å². The number of likely N-dealkylation sites (N-methyl/N-ethyl adjacent to an activating group) is 1. The number of phenols is 1. The van der Waals surface area contributed by atoms with E-state index in [9.17, 15) is 5.11 Å². The zero-order valence-corrected chi connectivity index (χ0v) is 13.1. The van der Waals surface area contributed by atoms with Crippen LogP contribution in [0, 0.1) is 0 Å². The summed E-state index contributed by atoms with van der Waals surface area (Å²) in [4.78, 5) is 6.58. The second kappa shape index (κ2) is 6.72. The summed E-state index contributed by atoms with van der Waals surface area (Å²) in [5, 5.41) is 13.3. The van der Waals surface area contributed by atoms with Gasteiger partial charge in [-0.15, -0.1) is 0 Å². The van der Waals surface area contributed by atoms with E-state index in [-0.39, 0.29) is 5.92 Å². The Balaban J connectivity index is 1.92. The minimum Gasteiger partial charge on any atom is -0.508 e. The molecule has 1 atom stereocenters. The lowest BCUT2D eigenvalue weighted by molar-refractivity contribution is 0.213. The van der Waals surface area contributed by atoms with Crippen LogP contribution in [0.1, 0.15) is 44.0 Å². The van der Waals surface area contributed by atoms with Crippen LogP contribution >= 0.6 is 0 Å². The van der Waals surface area contributed by atoms with Gasteiger partial charge in [0.25, 0.3) is 0 Å². The molecule has 0 saturated heterocycles. The van der Waals surface area contributed by atoms with Gasteiger partial charge in [-0.05, 0) is 38.1 Å². The first kappa shape index (κ1) is 15.5. The predicted octanol–water partition coefficient (Wildman–Crippen LogP) is 2.96. The summed E-state index contributed by atoms with van der Waals surface area (Å²) in [6.45, 7) is 6.89. The Morgan fingerprint density at radius 3 is 2.43 bits per heavy atom. The number of hydrogen-bond acceptors (Lipinski definition) is 5. The van der Waals surface area contributed by atoms with Gasteiger partial charge < -0.3 is 9.63 Å². The maximum Gasteiger partial charge on any atom is 0.240 e. The van der Waals surface area contributed by atoms with E-state index in [0.717, 1.165) is 12.2 Å². The van der Waals surface area contributed by atoms with E-state index in [2.05, 4.69) is 22.0 Å². The lowest BCUT2D eigenvalue weighted by Gasteiger charge is -2.23. The van der Waals surface area contributed by atoms with Gasteiger partial charge >= 0.3 is 0 Å². The lowest BCUT2D eigenvalue weighted by atomic mass is 10.1. The van der Waals surface area contributed by atoms with E-state index in [1.807, 2.05) is 33.0 Å². The molecule has 0 unspecified atom stereocenters. The number of phenolic OH excluding ortho intramolecular Hbond substituents is 1. The van der Waals surface area contributed by atoms with Crippen molar-refractivity contribution in [2.24, 2.45) is 0 Å². The van der Waals surface area contributed by atoms with Crippen LogP contribution in [0.25, 0.3) is 0 Å². The van der Waals surface area contributed by atoms with Gasteiger partial charge in [0.15, 0.2) is 5.82 Å². The smallest absolute Gasteiger partial charge is 0.240 e. The van der Waals surface area contributed by atoms with Crippen LogP contribution in [0.2, 0.25) is 0 Å². The molecule has 1 heterocycles. The van der Waals surface area contributed by atoms with E-state index < -0.39 is 0 Å². The van der Waals surface area contributed by atoms with Crippen LogP contribution in [0.4, 0.5) is 0 Å². The monoisotopic (exact) mass is 289 g/mol. The average molecular weight is 289 g/mol. The highest BCUT2D eigenvalue weighted by Crippen LogP contribution is 2.15. The highest BCUT2D eigenvalue weighted by Gasteiger charge is 2.15. The molecular formula is C16H23N3O2. The molecule has 0 aliphatic heterocycles. The highest BCUT2D eigenvalue weighted by molar-refractivity contribution is 5.26. The number of nitrogens with zero attached hydrogens (tertiary/aromatic N) is 3. The van der Waals surface area contributed by atoms with Crippen molar-refractivity contribution < 1.29 is 9.63 Å². The molecule has 114 valence electrons. The summed E-state index contributed by atoms with van der Waals surface area (Å²) in [6.07, 6.45) is 0.905. The Labute approximate surface area is 125 Å². The molecule has 0 bridgehead atoms. The fraction of sp³-hybridized carbons (Fsp3) is 0.500. The van der Waals surface area contributed by atoms with Crippen molar-refractivity contribution in [1.29, 1.82) is 0 Å². The van der Waals surface area contributed by atoms with Crippen molar-refractivity contribution in [3.8, 4) is 5.75 Å². The fourth-order valence-electron chi connectivity index (χ4n) is 2.06. The molecule has 2 aromatic rings. The SMILES string of the molecule is CC(C)c1noc(CN(C)[C@@H](C)Cc2ccc(O)cc2)n1. The van der Waals surface area contributed by atoms with Crippen molar-refractivity contribution in [2.75, 3.05) is 7.05 Å². The molecule has 0 aliphatic carbocycles. The normalized spacial score (nSPS) is 13.0. The molecule has 1 N–H and O–H groups in total. The van der Waals surface area contributed by atoms with E-state index in [1.165, 1.54) is 5.56 Å². The molecule has 1 aromatic heterocycles. The third-order valence-electron chi connectivity index (χ3n) is 3.60.